The molecule has 0 radical (unpaired) electrons. The lowest BCUT2D eigenvalue weighted by molar-refractivity contribution is -0.0262. The maximum Gasteiger partial charge on any atom is 0.410 e. The molecular weight excluding hydrogens is 832 g/mol. The molecule has 61 heavy (non-hydrogen) atoms. The number of nitrogens with zero attached hydrogens (tertiary/aromatic N) is 2. The topological polar surface area (TPSA) is 168 Å². The molecule has 0 aliphatic carbocycles. The van der Waals surface area contributed by atoms with Crippen molar-refractivity contribution in [3.8, 4) is 0 Å². The van der Waals surface area contributed by atoms with Gasteiger partial charge in [-0.3, -0.25) is 0 Å². The Bertz CT molecular complexity index is 1710. The van der Waals surface area contributed by atoms with Crippen molar-refractivity contribution >= 4 is 35.3 Å². The van der Waals surface area contributed by atoms with Crippen molar-refractivity contribution in [2.75, 3.05) is 66.7 Å². The molecule has 3 amide bonds. The maximum atomic E-state index is 14.5. The lowest BCUT2D eigenvalue weighted by Crippen LogP contribution is -2.44. The van der Waals surface area contributed by atoms with Gasteiger partial charge in [0.25, 0.3) is 0 Å². The van der Waals surface area contributed by atoms with Crippen molar-refractivity contribution in [1.29, 1.82) is 0 Å². The molecule has 0 aromatic heterocycles. The monoisotopic (exact) mass is 892 g/mol. The van der Waals surface area contributed by atoms with Crippen LogP contribution in [0, 0.1) is 35.1 Å². The number of ether oxygens (including phenoxy) is 6. The first-order valence-corrected chi connectivity index (χ1v) is 20.3. The third kappa shape index (κ3) is 18.6. The number of hydrogen-bond acceptors (Lipinski definition) is 11. The van der Waals surface area contributed by atoms with Crippen molar-refractivity contribution in [1.82, 2.24) is 15.1 Å². The Morgan fingerprint density at radius 3 is 1.51 bits per heavy atom. The molecule has 0 unspecified atom stereocenters. The zero-order valence-electron chi connectivity index (χ0n) is 36.2. The van der Waals surface area contributed by atoms with Gasteiger partial charge < -0.3 is 49.3 Å². The van der Waals surface area contributed by atoms with Crippen LogP contribution in [0.2, 0.25) is 0 Å². The molecular formula is C42H61ClF4N4O10. The van der Waals surface area contributed by atoms with Crippen LogP contribution in [-0.2, 0) is 28.4 Å². The molecule has 344 valence electrons. The number of halogens is 5. The molecule has 2 aromatic rings. The SMILES string of the molecule is CC(C)(C)OC(=O)N1CCC[C@@H]([C@@H](OCCN)c2cccc(F)c2F)C1.COC(=O)Cl.COC(=O)NCCO[C@@H](c1cccc(F)c1F)[C@@H]1CCCN(C(=O)OC(C)(C)C)C1. The fourth-order valence-corrected chi connectivity index (χ4v) is 6.54. The summed E-state index contributed by atoms with van der Waals surface area (Å²) in [5, 5.41) is 2.48. The number of nitrogens with one attached hydrogen (secondary N) is 1. The molecule has 0 saturated carbocycles. The summed E-state index contributed by atoms with van der Waals surface area (Å²) in [6.45, 7) is 13.2. The fraction of sp³-hybridized carbons (Fsp3) is 0.619. The van der Waals surface area contributed by atoms with Crippen LogP contribution in [0.1, 0.15) is 90.6 Å². The number of hydrogen-bond donors (Lipinski definition) is 2. The van der Waals surface area contributed by atoms with E-state index >= 15 is 0 Å². The summed E-state index contributed by atoms with van der Waals surface area (Å²) in [7, 11) is 2.46. The summed E-state index contributed by atoms with van der Waals surface area (Å²) < 4.78 is 87.3. The second-order valence-electron chi connectivity index (χ2n) is 16.2. The summed E-state index contributed by atoms with van der Waals surface area (Å²) in [4.78, 5) is 48.6. The molecule has 4 atom stereocenters. The highest BCUT2D eigenvalue weighted by atomic mass is 35.5. The van der Waals surface area contributed by atoms with Crippen molar-refractivity contribution in [3.05, 3.63) is 70.8 Å². The summed E-state index contributed by atoms with van der Waals surface area (Å²) in [5.74, 6) is -4.20. The Balaban J connectivity index is 0.000000381. The van der Waals surface area contributed by atoms with E-state index in [1.165, 1.54) is 38.5 Å². The zero-order chi connectivity index (χ0) is 45.9. The van der Waals surface area contributed by atoms with Gasteiger partial charge in [0.15, 0.2) is 23.3 Å². The largest absolute Gasteiger partial charge is 0.457 e. The molecule has 2 heterocycles. The molecule has 2 aromatic carbocycles. The van der Waals surface area contributed by atoms with Gasteiger partial charge in [-0.05, 0) is 79.4 Å². The van der Waals surface area contributed by atoms with E-state index in [1.54, 1.807) is 30.6 Å². The molecule has 14 nitrogen and oxygen atoms in total. The highest BCUT2D eigenvalue weighted by molar-refractivity contribution is 6.61. The number of nitrogens with two attached hydrogens (primary N) is 1. The zero-order valence-corrected chi connectivity index (χ0v) is 37.0. The van der Waals surface area contributed by atoms with E-state index in [9.17, 15) is 36.7 Å². The molecule has 2 aliphatic heterocycles. The van der Waals surface area contributed by atoms with Crippen molar-refractivity contribution in [2.45, 2.75) is 90.6 Å². The second kappa shape index (κ2) is 25.5. The predicted octanol–water partition coefficient (Wildman–Crippen LogP) is 8.65. The number of amides is 3. The van der Waals surface area contributed by atoms with E-state index in [-0.39, 0.29) is 49.3 Å². The van der Waals surface area contributed by atoms with Crippen LogP contribution in [0.15, 0.2) is 36.4 Å². The van der Waals surface area contributed by atoms with Crippen LogP contribution < -0.4 is 11.1 Å². The van der Waals surface area contributed by atoms with E-state index in [1.807, 2.05) is 20.8 Å². The number of carbonyl (C=O) groups is 4. The number of benzene rings is 2. The number of carbonyl (C=O) groups excluding carboxylic acids is 4. The van der Waals surface area contributed by atoms with Crippen molar-refractivity contribution in [3.63, 3.8) is 0 Å². The minimum absolute atomic E-state index is 0.0681. The Morgan fingerprint density at radius 2 is 1.15 bits per heavy atom. The predicted molar refractivity (Wildman–Crippen MR) is 219 cm³/mol. The van der Waals surface area contributed by atoms with Gasteiger partial charge in [-0.25, -0.2) is 36.7 Å². The van der Waals surface area contributed by atoms with Gasteiger partial charge in [-0.2, -0.15) is 0 Å². The van der Waals surface area contributed by atoms with E-state index in [0.717, 1.165) is 25.0 Å². The summed E-state index contributed by atoms with van der Waals surface area (Å²) in [6, 6.07) is 8.00. The lowest BCUT2D eigenvalue weighted by atomic mass is 9.88. The number of alkyl carbamates (subject to hydrolysis) is 1. The summed E-state index contributed by atoms with van der Waals surface area (Å²) in [5.41, 5.74) is 3.78. The molecule has 4 rings (SSSR count). The molecule has 2 aliphatic rings. The van der Waals surface area contributed by atoms with Gasteiger partial charge in [-0.1, -0.05) is 24.3 Å². The van der Waals surface area contributed by atoms with Gasteiger partial charge in [0.05, 0.1) is 39.6 Å². The van der Waals surface area contributed by atoms with E-state index < -0.39 is 70.4 Å². The van der Waals surface area contributed by atoms with Gasteiger partial charge in [0.2, 0.25) is 0 Å². The number of piperidine rings is 2. The number of methoxy groups -OCH3 is 2. The number of rotatable bonds is 11. The van der Waals surface area contributed by atoms with Crippen molar-refractivity contribution < 1.29 is 65.2 Å². The smallest absolute Gasteiger partial charge is 0.410 e. The third-order valence-corrected chi connectivity index (χ3v) is 9.24. The van der Waals surface area contributed by atoms with Crippen LogP contribution in [0.5, 0.6) is 0 Å². The fourth-order valence-electron chi connectivity index (χ4n) is 6.54. The Morgan fingerprint density at radius 1 is 0.738 bits per heavy atom. The minimum atomic E-state index is -0.974. The molecule has 3 N–H and O–H groups in total. The van der Waals surface area contributed by atoms with Gasteiger partial charge in [0.1, 0.15) is 11.2 Å². The lowest BCUT2D eigenvalue weighted by Gasteiger charge is -2.37. The molecule has 2 fully saturated rings. The minimum Gasteiger partial charge on any atom is -0.457 e. The van der Waals surface area contributed by atoms with E-state index in [4.69, 9.17) is 24.7 Å². The van der Waals surface area contributed by atoms with Crippen LogP contribution in [-0.4, -0.2) is 111 Å². The summed E-state index contributed by atoms with van der Waals surface area (Å²) >= 11 is 4.60. The first-order chi connectivity index (χ1) is 28.6. The van der Waals surface area contributed by atoms with Crippen molar-refractivity contribution in [2.24, 2.45) is 17.6 Å². The average Bonchev–Trinajstić information content (AvgIpc) is 3.20. The first kappa shape index (κ1) is 52.7. The van der Waals surface area contributed by atoms with Crippen LogP contribution >= 0.6 is 11.6 Å². The third-order valence-electron chi connectivity index (χ3n) is 9.08. The standard InChI is InChI=1S/C21H30F2N2O5.C19H28F2N2O3.C2H3ClO2/c1-21(2,3)30-20(27)25-11-6-7-14(13-25)18(29-12-10-24-19(26)28-4)15-8-5-9-16(22)17(15)23;1-19(2,3)26-18(24)23-10-5-6-13(12-23)17(25-11-9-22)14-7-4-8-15(20)16(14)21;1-5-2(3)4/h5,8-9,14,18H,6-7,10-13H2,1-4H3,(H,24,26);4,7-8,13,17H,5-6,9-12,22H2,1-3H3;1H3/t14-,18-;13-,17-;/m11./s1. The highest BCUT2D eigenvalue weighted by Gasteiger charge is 2.36. The first-order valence-electron chi connectivity index (χ1n) is 19.9. The Hall–Kier alpha value is -4.39. The van der Waals surface area contributed by atoms with E-state index in [2.05, 4.69) is 26.4 Å². The molecule has 2 saturated heterocycles. The maximum absolute atomic E-state index is 14.5. The Labute approximate surface area is 360 Å². The highest BCUT2D eigenvalue weighted by Crippen LogP contribution is 2.37. The van der Waals surface area contributed by atoms with Crippen LogP contribution in [0.25, 0.3) is 0 Å². The molecule has 0 bridgehead atoms. The molecule has 19 heteroatoms. The summed E-state index contributed by atoms with van der Waals surface area (Å²) in [6.07, 6.45) is -0.0811. The Kier molecular flexibility index (Phi) is 22.1. The number of likely N-dealkylation sites (tertiary alicyclic amines) is 2. The van der Waals surface area contributed by atoms with Gasteiger partial charge in [0, 0.05) is 73.8 Å². The quantitative estimate of drug-likeness (QED) is 0.0959. The van der Waals surface area contributed by atoms with Crippen LogP contribution in [0.4, 0.5) is 36.7 Å². The average molecular weight is 893 g/mol. The van der Waals surface area contributed by atoms with E-state index in [0.29, 0.717) is 39.0 Å². The second-order valence-corrected chi connectivity index (χ2v) is 16.5. The normalized spacial score (nSPS) is 17.6. The van der Waals surface area contributed by atoms with Gasteiger partial charge >= 0.3 is 23.7 Å². The van der Waals surface area contributed by atoms with Gasteiger partial charge in [-0.15, -0.1) is 0 Å². The van der Waals surface area contributed by atoms with Crippen LogP contribution in [0.3, 0.4) is 0 Å². The molecule has 0 spiro atoms.